The summed E-state index contributed by atoms with van der Waals surface area (Å²) < 4.78 is 22.0. The van der Waals surface area contributed by atoms with Crippen molar-refractivity contribution in [2.24, 2.45) is 0 Å². The van der Waals surface area contributed by atoms with Gasteiger partial charge in [0.05, 0.1) is 0 Å². The maximum Gasteiger partial charge on any atom is 0.154 e. The molecule has 86 valence electrons. The predicted octanol–water partition coefficient (Wildman–Crippen LogP) is 0.235. The van der Waals surface area contributed by atoms with E-state index in [9.17, 15) is 8.42 Å². The number of nitrogens with zero attached hydrogens (tertiary/aromatic N) is 2. The molecule has 15 heavy (non-hydrogen) atoms. The Balaban J connectivity index is 2.49. The van der Waals surface area contributed by atoms with Crippen LogP contribution in [0.4, 0.5) is 0 Å². The number of rotatable bonds is 6. The second-order valence-electron chi connectivity index (χ2n) is 3.26. The molecule has 0 unspecified atom stereocenters. The standard InChI is InChI=1S/C8H15N3O2S2/c1-3-9-5-4-7-10-11-8(14-7)6-15(2,12)13/h9H,3-6H2,1-2H3. The highest BCUT2D eigenvalue weighted by Crippen LogP contribution is 2.12. The van der Waals surface area contributed by atoms with Gasteiger partial charge in [0.2, 0.25) is 0 Å². The normalized spacial score (nSPS) is 11.9. The van der Waals surface area contributed by atoms with E-state index in [0.717, 1.165) is 24.5 Å². The minimum Gasteiger partial charge on any atom is -0.317 e. The summed E-state index contributed by atoms with van der Waals surface area (Å²) in [6.07, 6.45) is 2.00. The molecule has 0 atom stereocenters. The van der Waals surface area contributed by atoms with Gasteiger partial charge < -0.3 is 5.32 Å². The molecule has 1 rings (SSSR count). The molecule has 0 spiro atoms. The lowest BCUT2D eigenvalue weighted by Crippen LogP contribution is -2.15. The molecule has 0 amide bonds. The minimum absolute atomic E-state index is 0.00806. The topological polar surface area (TPSA) is 72.0 Å². The van der Waals surface area contributed by atoms with Gasteiger partial charge in [-0.25, -0.2) is 8.42 Å². The third-order valence-corrected chi connectivity index (χ3v) is 3.62. The quantitative estimate of drug-likeness (QED) is 0.731. The molecule has 1 aromatic heterocycles. The van der Waals surface area contributed by atoms with Crippen molar-refractivity contribution < 1.29 is 8.42 Å². The molecule has 0 aliphatic rings. The van der Waals surface area contributed by atoms with Gasteiger partial charge in [-0.05, 0) is 6.54 Å². The number of sulfone groups is 1. The largest absolute Gasteiger partial charge is 0.317 e. The molecule has 5 nitrogen and oxygen atoms in total. The highest BCUT2D eigenvalue weighted by atomic mass is 32.2. The second kappa shape index (κ2) is 5.53. The molecule has 1 heterocycles. The SMILES string of the molecule is CCNCCc1nnc(CS(C)(=O)=O)s1. The van der Waals surface area contributed by atoms with E-state index in [0.29, 0.717) is 5.01 Å². The Labute approximate surface area is 93.8 Å². The summed E-state index contributed by atoms with van der Waals surface area (Å²) in [5, 5.41) is 12.4. The Morgan fingerprint density at radius 3 is 2.60 bits per heavy atom. The van der Waals surface area contributed by atoms with E-state index in [1.54, 1.807) is 0 Å². The van der Waals surface area contributed by atoms with Crippen molar-refractivity contribution in [3.8, 4) is 0 Å². The zero-order valence-electron chi connectivity index (χ0n) is 8.86. The lowest BCUT2D eigenvalue weighted by Gasteiger charge is -1.95. The van der Waals surface area contributed by atoms with E-state index in [1.807, 2.05) is 6.92 Å². The van der Waals surface area contributed by atoms with Crippen molar-refractivity contribution in [1.82, 2.24) is 15.5 Å². The molecular weight excluding hydrogens is 234 g/mol. The summed E-state index contributed by atoms with van der Waals surface area (Å²) in [6.45, 7) is 3.81. The van der Waals surface area contributed by atoms with E-state index >= 15 is 0 Å². The van der Waals surface area contributed by atoms with Crippen LogP contribution in [0.25, 0.3) is 0 Å². The fourth-order valence-electron chi connectivity index (χ4n) is 1.04. The van der Waals surface area contributed by atoms with Crippen molar-refractivity contribution in [1.29, 1.82) is 0 Å². The van der Waals surface area contributed by atoms with Crippen LogP contribution in [0.5, 0.6) is 0 Å². The van der Waals surface area contributed by atoms with Crippen LogP contribution < -0.4 is 5.32 Å². The van der Waals surface area contributed by atoms with Crippen LogP contribution in [-0.2, 0) is 22.0 Å². The van der Waals surface area contributed by atoms with Crippen LogP contribution >= 0.6 is 11.3 Å². The molecule has 0 aliphatic carbocycles. The molecule has 1 N–H and O–H groups in total. The molecule has 0 fully saturated rings. The summed E-state index contributed by atoms with van der Waals surface area (Å²) in [5.74, 6) is -0.00806. The summed E-state index contributed by atoms with van der Waals surface area (Å²) >= 11 is 1.37. The Morgan fingerprint density at radius 2 is 2.00 bits per heavy atom. The highest BCUT2D eigenvalue weighted by Gasteiger charge is 2.10. The van der Waals surface area contributed by atoms with E-state index in [1.165, 1.54) is 17.6 Å². The highest BCUT2D eigenvalue weighted by molar-refractivity contribution is 7.90. The second-order valence-corrected chi connectivity index (χ2v) is 6.55. The molecule has 0 bridgehead atoms. The Bertz CT molecular complexity index is 400. The smallest absolute Gasteiger partial charge is 0.154 e. The fourth-order valence-corrected chi connectivity index (χ4v) is 3.07. The van der Waals surface area contributed by atoms with Crippen LogP contribution in [0.2, 0.25) is 0 Å². The van der Waals surface area contributed by atoms with E-state index < -0.39 is 9.84 Å². The molecule has 0 saturated heterocycles. The first-order chi connectivity index (χ1) is 7.01. The van der Waals surface area contributed by atoms with Crippen molar-refractivity contribution in [2.45, 2.75) is 19.1 Å². The van der Waals surface area contributed by atoms with Crippen LogP contribution in [-0.4, -0.2) is 38.0 Å². The number of hydrogen-bond donors (Lipinski definition) is 1. The zero-order valence-corrected chi connectivity index (χ0v) is 10.5. The van der Waals surface area contributed by atoms with Crippen molar-refractivity contribution >= 4 is 21.2 Å². The van der Waals surface area contributed by atoms with Crippen molar-refractivity contribution in [3.05, 3.63) is 10.0 Å². The first kappa shape index (κ1) is 12.5. The molecular formula is C8H15N3O2S2. The zero-order chi connectivity index (χ0) is 11.3. The monoisotopic (exact) mass is 249 g/mol. The van der Waals surface area contributed by atoms with E-state index in [2.05, 4.69) is 15.5 Å². The van der Waals surface area contributed by atoms with Gasteiger partial charge >= 0.3 is 0 Å². The Hall–Kier alpha value is -0.530. The number of aromatic nitrogens is 2. The summed E-state index contributed by atoms with van der Waals surface area (Å²) in [5.41, 5.74) is 0. The number of hydrogen-bond acceptors (Lipinski definition) is 6. The van der Waals surface area contributed by atoms with Crippen molar-refractivity contribution in [3.63, 3.8) is 0 Å². The summed E-state index contributed by atoms with van der Waals surface area (Å²) in [6, 6.07) is 0. The third kappa shape index (κ3) is 5.19. The van der Waals surface area contributed by atoms with Gasteiger partial charge in [0.1, 0.15) is 15.8 Å². The van der Waals surface area contributed by atoms with Crippen LogP contribution in [0.15, 0.2) is 0 Å². The molecule has 0 saturated carbocycles. The lowest BCUT2D eigenvalue weighted by atomic mass is 10.4. The average molecular weight is 249 g/mol. The van der Waals surface area contributed by atoms with Crippen LogP contribution in [0, 0.1) is 0 Å². The molecule has 1 aromatic rings. The van der Waals surface area contributed by atoms with Crippen LogP contribution in [0.1, 0.15) is 16.9 Å². The van der Waals surface area contributed by atoms with E-state index in [-0.39, 0.29) is 5.75 Å². The summed E-state index contributed by atoms with van der Waals surface area (Å²) in [7, 11) is -3.00. The molecule has 0 aliphatic heterocycles. The van der Waals surface area contributed by atoms with Gasteiger partial charge in [-0.2, -0.15) is 0 Å². The van der Waals surface area contributed by atoms with Gasteiger partial charge in [0.25, 0.3) is 0 Å². The van der Waals surface area contributed by atoms with Gasteiger partial charge in [-0.15, -0.1) is 21.5 Å². The minimum atomic E-state index is -3.00. The Morgan fingerprint density at radius 1 is 1.33 bits per heavy atom. The maximum absolute atomic E-state index is 11.0. The van der Waals surface area contributed by atoms with Gasteiger partial charge in [-0.1, -0.05) is 6.92 Å². The first-order valence-corrected chi connectivity index (χ1v) is 7.58. The van der Waals surface area contributed by atoms with Gasteiger partial charge in [-0.3, -0.25) is 0 Å². The molecule has 7 heteroatoms. The van der Waals surface area contributed by atoms with Crippen LogP contribution in [0.3, 0.4) is 0 Å². The Kier molecular flexibility index (Phi) is 4.62. The third-order valence-electron chi connectivity index (χ3n) is 1.66. The maximum atomic E-state index is 11.0. The summed E-state index contributed by atoms with van der Waals surface area (Å²) in [4.78, 5) is 0. The number of nitrogens with one attached hydrogen (secondary N) is 1. The predicted molar refractivity (Wildman–Crippen MR) is 60.7 cm³/mol. The number of likely N-dealkylation sites (N-methyl/N-ethyl adjacent to an activating group) is 1. The molecule has 0 aromatic carbocycles. The average Bonchev–Trinajstić information content (AvgIpc) is 2.50. The van der Waals surface area contributed by atoms with E-state index in [4.69, 9.17) is 0 Å². The van der Waals surface area contributed by atoms with Gasteiger partial charge in [0, 0.05) is 19.2 Å². The lowest BCUT2D eigenvalue weighted by molar-refractivity contribution is 0.600. The molecule has 0 radical (unpaired) electrons. The van der Waals surface area contributed by atoms with Crippen molar-refractivity contribution in [2.75, 3.05) is 19.3 Å². The fraction of sp³-hybridized carbons (Fsp3) is 0.750. The first-order valence-electron chi connectivity index (χ1n) is 4.71. The van der Waals surface area contributed by atoms with Gasteiger partial charge in [0.15, 0.2) is 9.84 Å².